The van der Waals surface area contributed by atoms with Gasteiger partial charge in [0, 0.05) is 5.56 Å². The third-order valence-corrected chi connectivity index (χ3v) is 5.29. The average molecular weight is 394 g/mol. The first-order valence-corrected chi connectivity index (χ1v) is 9.51. The highest BCUT2D eigenvalue weighted by atomic mass is 32.2. The van der Waals surface area contributed by atoms with Crippen LogP contribution in [0.4, 0.5) is 0 Å². The van der Waals surface area contributed by atoms with Gasteiger partial charge in [-0.25, -0.2) is 9.66 Å². The quantitative estimate of drug-likeness (QED) is 0.395. The summed E-state index contributed by atoms with van der Waals surface area (Å²) in [4.78, 5) is 19.7. The van der Waals surface area contributed by atoms with Crippen LogP contribution in [0.3, 0.4) is 0 Å². The third kappa shape index (κ3) is 3.31. The third-order valence-electron chi connectivity index (χ3n) is 4.34. The average Bonchev–Trinajstić information content (AvgIpc) is 3.08. The second-order valence-electron chi connectivity index (χ2n) is 6.18. The van der Waals surface area contributed by atoms with Crippen molar-refractivity contribution in [3.63, 3.8) is 0 Å². The predicted molar refractivity (Wildman–Crippen MR) is 109 cm³/mol. The summed E-state index contributed by atoms with van der Waals surface area (Å²) in [5.74, 6) is 8.43. The molecule has 0 fully saturated rings. The van der Waals surface area contributed by atoms with Crippen molar-refractivity contribution in [3.05, 3.63) is 64.2 Å². The molecular weight excluding hydrogens is 376 g/mol. The number of rotatable bonds is 5. The summed E-state index contributed by atoms with van der Waals surface area (Å²) < 4.78 is 6.59. The minimum Gasteiger partial charge on any atom is -0.497 e. The van der Waals surface area contributed by atoms with E-state index in [4.69, 9.17) is 10.6 Å². The summed E-state index contributed by atoms with van der Waals surface area (Å²) in [6, 6.07) is 13.0. The Labute approximate surface area is 164 Å². The molecule has 0 saturated heterocycles. The number of nitrogen functional groups attached to an aromatic ring is 1. The van der Waals surface area contributed by atoms with Crippen molar-refractivity contribution in [3.8, 4) is 17.1 Å². The van der Waals surface area contributed by atoms with Crippen LogP contribution in [0.15, 0.2) is 52.4 Å². The first kappa shape index (κ1) is 18.1. The molecule has 0 bridgehead atoms. The Morgan fingerprint density at radius 3 is 2.71 bits per heavy atom. The molecule has 0 aliphatic heterocycles. The number of fused-ring (bicyclic) bond motifs is 1. The van der Waals surface area contributed by atoms with E-state index in [1.54, 1.807) is 13.2 Å². The van der Waals surface area contributed by atoms with Crippen molar-refractivity contribution in [1.82, 2.24) is 24.8 Å². The van der Waals surface area contributed by atoms with Crippen LogP contribution >= 0.6 is 11.8 Å². The number of nitrogens with two attached hydrogens (primary N) is 1. The largest absolute Gasteiger partial charge is 0.497 e. The number of aromatic amines is 1. The molecule has 0 spiro atoms. The fourth-order valence-electron chi connectivity index (χ4n) is 2.87. The highest BCUT2D eigenvalue weighted by Crippen LogP contribution is 2.25. The Balaban J connectivity index is 1.57. The van der Waals surface area contributed by atoms with Gasteiger partial charge in [0.2, 0.25) is 5.16 Å². The van der Waals surface area contributed by atoms with E-state index in [9.17, 15) is 4.79 Å². The van der Waals surface area contributed by atoms with Gasteiger partial charge in [0.1, 0.15) is 11.6 Å². The zero-order valence-corrected chi connectivity index (χ0v) is 16.2. The van der Waals surface area contributed by atoms with E-state index in [-0.39, 0.29) is 5.56 Å². The number of methoxy groups -OCH3 is 1. The lowest BCUT2D eigenvalue weighted by Gasteiger charge is -2.06. The summed E-state index contributed by atoms with van der Waals surface area (Å²) in [5, 5.41) is 9.43. The van der Waals surface area contributed by atoms with E-state index in [0.29, 0.717) is 33.5 Å². The van der Waals surface area contributed by atoms with Gasteiger partial charge >= 0.3 is 0 Å². The van der Waals surface area contributed by atoms with Gasteiger partial charge in [-0.2, -0.15) is 0 Å². The van der Waals surface area contributed by atoms with Gasteiger partial charge in [0.05, 0.1) is 23.8 Å². The molecular formula is C19H18N6O2S. The molecule has 0 aliphatic rings. The van der Waals surface area contributed by atoms with E-state index in [2.05, 4.69) is 20.2 Å². The molecule has 9 heteroatoms. The fraction of sp³-hybridized carbons (Fsp3) is 0.158. The van der Waals surface area contributed by atoms with Gasteiger partial charge < -0.3 is 15.6 Å². The molecule has 28 heavy (non-hydrogen) atoms. The highest BCUT2D eigenvalue weighted by molar-refractivity contribution is 7.98. The summed E-state index contributed by atoms with van der Waals surface area (Å²) in [5.41, 5.74) is 2.33. The standard InChI is InChI=1S/C19H18N6O2S/c1-11-4-3-5-14-16(11)21-15(22-18(14)26)10-28-19-24-23-17(25(19)20)12-6-8-13(27-2)9-7-12/h3-9H,10,20H2,1-2H3,(H,21,22,26). The number of para-hydroxylation sites is 1. The number of thioether (sulfide) groups is 1. The fourth-order valence-corrected chi connectivity index (χ4v) is 3.59. The summed E-state index contributed by atoms with van der Waals surface area (Å²) in [6.45, 7) is 1.93. The van der Waals surface area contributed by atoms with Crippen molar-refractivity contribution in [2.45, 2.75) is 17.8 Å². The normalized spacial score (nSPS) is 11.1. The molecule has 3 N–H and O–H groups in total. The van der Waals surface area contributed by atoms with Crippen LogP contribution in [0.5, 0.6) is 5.75 Å². The summed E-state index contributed by atoms with van der Waals surface area (Å²) in [7, 11) is 1.61. The van der Waals surface area contributed by atoms with Crippen molar-refractivity contribution < 1.29 is 4.74 Å². The van der Waals surface area contributed by atoms with E-state index in [1.807, 2.05) is 43.3 Å². The lowest BCUT2D eigenvalue weighted by molar-refractivity contribution is 0.415. The number of hydrogen-bond donors (Lipinski definition) is 2. The Hall–Kier alpha value is -3.33. The van der Waals surface area contributed by atoms with Crippen LogP contribution in [-0.2, 0) is 5.75 Å². The lowest BCUT2D eigenvalue weighted by Crippen LogP contribution is -2.13. The zero-order valence-electron chi connectivity index (χ0n) is 15.3. The van der Waals surface area contributed by atoms with Gasteiger partial charge in [-0.15, -0.1) is 10.2 Å². The van der Waals surface area contributed by atoms with Crippen molar-refractivity contribution in [2.24, 2.45) is 0 Å². The van der Waals surface area contributed by atoms with Crippen LogP contribution in [0, 0.1) is 6.92 Å². The molecule has 4 aromatic rings. The predicted octanol–water partition coefficient (Wildman–Crippen LogP) is 2.50. The lowest BCUT2D eigenvalue weighted by atomic mass is 10.1. The monoisotopic (exact) mass is 394 g/mol. The number of aryl methyl sites for hydroxylation is 1. The zero-order chi connectivity index (χ0) is 19.7. The topological polar surface area (TPSA) is 112 Å². The molecule has 2 heterocycles. The van der Waals surface area contributed by atoms with E-state index < -0.39 is 0 Å². The summed E-state index contributed by atoms with van der Waals surface area (Å²) in [6.07, 6.45) is 0. The van der Waals surface area contributed by atoms with Gasteiger partial charge in [0.15, 0.2) is 5.82 Å². The van der Waals surface area contributed by atoms with Crippen LogP contribution in [0.25, 0.3) is 22.3 Å². The number of H-pyrrole nitrogens is 1. The molecule has 0 saturated carbocycles. The smallest absolute Gasteiger partial charge is 0.258 e. The molecule has 0 amide bonds. The van der Waals surface area contributed by atoms with Crippen LogP contribution in [-0.4, -0.2) is 32.0 Å². The number of nitrogens with zero attached hydrogens (tertiary/aromatic N) is 4. The molecule has 2 aromatic heterocycles. The molecule has 4 rings (SSSR count). The Morgan fingerprint density at radius 2 is 1.96 bits per heavy atom. The van der Waals surface area contributed by atoms with Crippen LogP contribution < -0.4 is 16.1 Å². The van der Waals surface area contributed by atoms with E-state index in [1.165, 1.54) is 16.4 Å². The van der Waals surface area contributed by atoms with Crippen molar-refractivity contribution in [1.29, 1.82) is 0 Å². The van der Waals surface area contributed by atoms with E-state index in [0.717, 1.165) is 16.9 Å². The SMILES string of the molecule is COc1ccc(-c2nnc(SCc3nc4c(C)cccc4c(=O)[nH]3)n2N)cc1. The Kier molecular flexibility index (Phi) is 4.74. The van der Waals surface area contributed by atoms with Crippen LogP contribution in [0.1, 0.15) is 11.4 Å². The summed E-state index contributed by atoms with van der Waals surface area (Å²) >= 11 is 1.35. The first-order valence-electron chi connectivity index (χ1n) is 8.53. The minimum atomic E-state index is -0.155. The number of benzene rings is 2. The maximum atomic E-state index is 12.3. The van der Waals surface area contributed by atoms with Crippen LogP contribution in [0.2, 0.25) is 0 Å². The number of nitrogens with one attached hydrogen (secondary N) is 1. The Morgan fingerprint density at radius 1 is 1.18 bits per heavy atom. The highest BCUT2D eigenvalue weighted by Gasteiger charge is 2.14. The van der Waals surface area contributed by atoms with Gasteiger partial charge in [-0.1, -0.05) is 23.9 Å². The van der Waals surface area contributed by atoms with Gasteiger partial charge in [-0.05, 0) is 42.8 Å². The van der Waals surface area contributed by atoms with Crippen molar-refractivity contribution in [2.75, 3.05) is 13.0 Å². The second-order valence-corrected chi connectivity index (χ2v) is 7.12. The molecule has 0 radical (unpaired) electrons. The number of aromatic nitrogens is 5. The molecule has 8 nitrogen and oxygen atoms in total. The number of hydrogen-bond acceptors (Lipinski definition) is 7. The van der Waals surface area contributed by atoms with Gasteiger partial charge in [-0.3, -0.25) is 4.79 Å². The molecule has 142 valence electrons. The number of ether oxygens (including phenoxy) is 1. The molecule has 2 aromatic carbocycles. The maximum Gasteiger partial charge on any atom is 0.258 e. The van der Waals surface area contributed by atoms with Gasteiger partial charge in [0.25, 0.3) is 5.56 Å². The maximum absolute atomic E-state index is 12.3. The molecule has 0 aliphatic carbocycles. The molecule has 0 unspecified atom stereocenters. The van der Waals surface area contributed by atoms with E-state index >= 15 is 0 Å². The molecule has 0 atom stereocenters. The minimum absolute atomic E-state index is 0.155. The van der Waals surface area contributed by atoms with Crippen molar-refractivity contribution >= 4 is 22.7 Å². The second kappa shape index (κ2) is 7.35. The first-order chi connectivity index (χ1) is 13.6. The Bertz CT molecular complexity index is 1200.